The van der Waals surface area contributed by atoms with Gasteiger partial charge in [-0.25, -0.2) is 0 Å². The van der Waals surface area contributed by atoms with Crippen LogP contribution in [0.1, 0.15) is 30.6 Å². The van der Waals surface area contributed by atoms with E-state index in [-0.39, 0.29) is 11.8 Å². The van der Waals surface area contributed by atoms with Crippen molar-refractivity contribution in [2.24, 2.45) is 0 Å². The van der Waals surface area contributed by atoms with E-state index in [1.807, 2.05) is 63.2 Å². The number of carbonyl (C=O) groups excluding carboxylic acids is 2. The molecule has 2 amide bonds. The van der Waals surface area contributed by atoms with E-state index in [1.54, 1.807) is 0 Å². The van der Waals surface area contributed by atoms with Crippen LogP contribution in [0.3, 0.4) is 0 Å². The van der Waals surface area contributed by atoms with Crippen LogP contribution < -0.4 is 0 Å². The van der Waals surface area contributed by atoms with E-state index in [9.17, 15) is 9.59 Å². The van der Waals surface area contributed by atoms with Crippen LogP contribution in [-0.4, -0.2) is 76.9 Å². The number of benzene rings is 1. The molecule has 0 saturated carbocycles. The third-order valence-corrected chi connectivity index (χ3v) is 5.45. The van der Waals surface area contributed by atoms with Crippen LogP contribution in [-0.2, 0) is 4.79 Å². The Kier molecular flexibility index (Phi) is 6.87. The summed E-state index contributed by atoms with van der Waals surface area (Å²) in [6, 6.07) is 11.6. The summed E-state index contributed by atoms with van der Waals surface area (Å²) in [6.45, 7) is 9.36. The molecule has 0 aliphatic carbocycles. The van der Waals surface area contributed by atoms with Gasteiger partial charge < -0.3 is 19.3 Å². The number of nitrogens with zero attached hydrogens (tertiary/aromatic N) is 4. The summed E-state index contributed by atoms with van der Waals surface area (Å²) in [5.41, 5.74) is 1.66. The van der Waals surface area contributed by atoms with Crippen molar-refractivity contribution in [2.45, 2.75) is 20.3 Å². The SMILES string of the molecule is CCN(CC)CCC(=O)N1CCN(C(=O)c2cccc(-n3cccc3)c2)CC1. The third kappa shape index (κ3) is 4.81. The van der Waals surface area contributed by atoms with E-state index in [0.29, 0.717) is 38.2 Å². The second-order valence-electron chi connectivity index (χ2n) is 7.09. The van der Waals surface area contributed by atoms with E-state index in [4.69, 9.17) is 0 Å². The second-order valence-corrected chi connectivity index (χ2v) is 7.09. The standard InChI is InChI=1S/C22H30N4O2/c1-3-23(4-2)13-10-21(27)25-14-16-26(17-15-25)22(28)19-8-7-9-20(18-19)24-11-5-6-12-24/h5-9,11-12,18H,3-4,10,13-17H2,1-2H3. The predicted octanol–water partition coefficient (Wildman–Crippen LogP) is 2.49. The quantitative estimate of drug-likeness (QED) is 0.739. The van der Waals surface area contributed by atoms with Gasteiger partial charge in [0.05, 0.1) is 0 Å². The first-order chi connectivity index (χ1) is 13.6. The van der Waals surface area contributed by atoms with Gasteiger partial charge in [-0.3, -0.25) is 9.59 Å². The number of hydrogen-bond donors (Lipinski definition) is 0. The fourth-order valence-corrected chi connectivity index (χ4v) is 3.60. The highest BCUT2D eigenvalue weighted by Crippen LogP contribution is 2.14. The first-order valence-corrected chi connectivity index (χ1v) is 10.1. The Labute approximate surface area is 167 Å². The van der Waals surface area contributed by atoms with Crippen LogP contribution in [0.4, 0.5) is 0 Å². The zero-order valence-corrected chi connectivity index (χ0v) is 16.9. The maximum atomic E-state index is 12.9. The number of rotatable bonds is 7. The van der Waals surface area contributed by atoms with Crippen molar-refractivity contribution in [3.8, 4) is 5.69 Å². The van der Waals surface area contributed by atoms with Gasteiger partial charge in [0, 0.05) is 62.8 Å². The third-order valence-electron chi connectivity index (χ3n) is 5.45. The average molecular weight is 383 g/mol. The lowest BCUT2D eigenvalue weighted by atomic mass is 10.1. The monoisotopic (exact) mass is 382 g/mol. The Hall–Kier alpha value is -2.60. The summed E-state index contributed by atoms with van der Waals surface area (Å²) in [6.07, 6.45) is 4.48. The molecule has 1 aromatic carbocycles. The molecule has 0 radical (unpaired) electrons. The minimum absolute atomic E-state index is 0.0317. The lowest BCUT2D eigenvalue weighted by Crippen LogP contribution is -2.51. The highest BCUT2D eigenvalue weighted by Gasteiger charge is 2.25. The van der Waals surface area contributed by atoms with Gasteiger partial charge in [0.2, 0.25) is 5.91 Å². The van der Waals surface area contributed by atoms with Crippen molar-refractivity contribution in [3.05, 3.63) is 54.4 Å². The molecule has 3 rings (SSSR count). The summed E-state index contributed by atoms with van der Waals surface area (Å²) in [7, 11) is 0. The Morgan fingerprint density at radius 2 is 1.57 bits per heavy atom. The van der Waals surface area contributed by atoms with Crippen molar-refractivity contribution in [1.29, 1.82) is 0 Å². The minimum atomic E-state index is 0.0317. The Morgan fingerprint density at radius 3 is 2.21 bits per heavy atom. The summed E-state index contributed by atoms with van der Waals surface area (Å²) < 4.78 is 1.99. The van der Waals surface area contributed by atoms with Crippen molar-refractivity contribution < 1.29 is 9.59 Å². The van der Waals surface area contributed by atoms with Gasteiger partial charge in [-0.2, -0.15) is 0 Å². The normalized spacial score (nSPS) is 14.5. The van der Waals surface area contributed by atoms with E-state index < -0.39 is 0 Å². The fourth-order valence-electron chi connectivity index (χ4n) is 3.60. The molecule has 1 aliphatic rings. The number of amides is 2. The van der Waals surface area contributed by atoms with Crippen molar-refractivity contribution in [1.82, 2.24) is 19.3 Å². The van der Waals surface area contributed by atoms with Gasteiger partial charge in [-0.15, -0.1) is 0 Å². The van der Waals surface area contributed by atoms with Gasteiger partial charge in [0.15, 0.2) is 0 Å². The smallest absolute Gasteiger partial charge is 0.254 e. The first-order valence-electron chi connectivity index (χ1n) is 10.1. The van der Waals surface area contributed by atoms with Gasteiger partial charge in [0.1, 0.15) is 0 Å². The molecule has 1 saturated heterocycles. The van der Waals surface area contributed by atoms with E-state index in [2.05, 4.69) is 18.7 Å². The molecule has 150 valence electrons. The summed E-state index contributed by atoms with van der Waals surface area (Å²) in [5, 5.41) is 0. The van der Waals surface area contributed by atoms with Crippen LogP contribution in [0, 0.1) is 0 Å². The second kappa shape index (κ2) is 9.55. The number of hydrogen-bond acceptors (Lipinski definition) is 3. The molecular weight excluding hydrogens is 352 g/mol. The molecule has 0 unspecified atom stereocenters. The Morgan fingerprint density at radius 1 is 0.929 bits per heavy atom. The summed E-state index contributed by atoms with van der Waals surface area (Å²) in [4.78, 5) is 31.3. The van der Waals surface area contributed by atoms with Crippen LogP contribution in [0.5, 0.6) is 0 Å². The molecule has 1 fully saturated rings. The average Bonchev–Trinajstić information content (AvgIpc) is 3.29. The highest BCUT2D eigenvalue weighted by molar-refractivity contribution is 5.95. The summed E-state index contributed by atoms with van der Waals surface area (Å²) >= 11 is 0. The largest absolute Gasteiger partial charge is 0.339 e. The van der Waals surface area contributed by atoms with E-state index in [1.165, 1.54) is 0 Å². The van der Waals surface area contributed by atoms with Crippen molar-refractivity contribution in [2.75, 3.05) is 45.8 Å². The lowest BCUT2D eigenvalue weighted by Gasteiger charge is -2.35. The minimum Gasteiger partial charge on any atom is -0.339 e. The zero-order valence-electron chi connectivity index (χ0n) is 16.9. The molecule has 1 aliphatic heterocycles. The van der Waals surface area contributed by atoms with E-state index >= 15 is 0 Å². The Bertz CT molecular complexity index is 776. The van der Waals surface area contributed by atoms with Crippen LogP contribution in [0.15, 0.2) is 48.8 Å². The van der Waals surface area contributed by atoms with Gasteiger partial charge >= 0.3 is 0 Å². The Balaban J connectivity index is 1.54. The zero-order chi connectivity index (χ0) is 19.9. The predicted molar refractivity (Wildman–Crippen MR) is 111 cm³/mol. The first kappa shape index (κ1) is 20.1. The molecule has 2 heterocycles. The van der Waals surface area contributed by atoms with Crippen LogP contribution >= 0.6 is 0 Å². The molecule has 0 spiro atoms. The molecule has 6 heteroatoms. The number of carbonyl (C=O) groups is 2. The number of piperazine rings is 1. The van der Waals surface area contributed by atoms with Crippen molar-refractivity contribution >= 4 is 11.8 Å². The highest BCUT2D eigenvalue weighted by atomic mass is 16.2. The molecule has 0 bridgehead atoms. The van der Waals surface area contributed by atoms with Gasteiger partial charge in [-0.05, 0) is 43.4 Å². The molecule has 2 aromatic rings. The fraction of sp³-hybridized carbons (Fsp3) is 0.455. The maximum absolute atomic E-state index is 12.9. The molecule has 6 nitrogen and oxygen atoms in total. The maximum Gasteiger partial charge on any atom is 0.254 e. The molecule has 28 heavy (non-hydrogen) atoms. The lowest BCUT2D eigenvalue weighted by molar-refractivity contribution is -0.133. The van der Waals surface area contributed by atoms with Gasteiger partial charge in [-0.1, -0.05) is 19.9 Å². The van der Waals surface area contributed by atoms with E-state index in [0.717, 1.165) is 25.3 Å². The van der Waals surface area contributed by atoms with Crippen LogP contribution in [0.2, 0.25) is 0 Å². The van der Waals surface area contributed by atoms with Crippen molar-refractivity contribution in [3.63, 3.8) is 0 Å². The topological polar surface area (TPSA) is 48.8 Å². The number of aromatic nitrogens is 1. The molecule has 1 aromatic heterocycles. The molecular formula is C22H30N4O2. The van der Waals surface area contributed by atoms with Gasteiger partial charge in [0.25, 0.3) is 5.91 Å². The molecule has 0 atom stereocenters. The molecule has 0 N–H and O–H groups in total. The van der Waals surface area contributed by atoms with Crippen LogP contribution in [0.25, 0.3) is 5.69 Å². The summed E-state index contributed by atoms with van der Waals surface area (Å²) in [5.74, 6) is 0.220.